The number of aliphatic hydroxyl groups is 1. The van der Waals surface area contributed by atoms with E-state index in [4.69, 9.17) is 5.11 Å². The number of likely N-dealkylation sites (tertiary alicyclic amines) is 1. The molecule has 1 saturated heterocycles. The minimum atomic E-state index is -1.02. The zero-order valence-corrected chi connectivity index (χ0v) is 10.4. The van der Waals surface area contributed by atoms with Crippen LogP contribution >= 0.6 is 0 Å². The van der Waals surface area contributed by atoms with Crippen LogP contribution in [-0.2, 0) is 9.59 Å². The highest BCUT2D eigenvalue weighted by Crippen LogP contribution is 2.22. The number of carboxylic acids is 1. The molecule has 1 aliphatic heterocycles. The molecule has 0 aromatic carbocycles. The fourth-order valence-corrected chi connectivity index (χ4v) is 2.32. The summed E-state index contributed by atoms with van der Waals surface area (Å²) >= 11 is 0. The van der Waals surface area contributed by atoms with Gasteiger partial charge >= 0.3 is 5.97 Å². The van der Waals surface area contributed by atoms with Gasteiger partial charge in [0.05, 0.1) is 6.10 Å². The van der Waals surface area contributed by atoms with Crippen molar-refractivity contribution in [1.82, 2.24) is 4.90 Å². The second-order valence-corrected chi connectivity index (χ2v) is 4.58. The lowest BCUT2D eigenvalue weighted by molar-refractivity contribution is -0.156. The molecule has 2 atom stereocenters. The van der Waals surface area contributed by atoms with Crippen LogP contribution < -0.4 is 0 Å². The zero-order valence-electron chi connectivity index (χ0n) is 10.4. The molecule has 0 radical (unpaired) electrons. The third kappa shape index (κ3) is 3.19. The number of rotatable bonds is 4. The quantitative estimate of drug-likeness (QED) is 0.767. The Bertz CT molecular complexity index is 288. The number of hydrogen-bond acceptors (Lipinski definition) is 3. The molecule has 1 amide bonds. The van der Waals surface area contributed by atoms with E-state index in [1.54, 1.807) is 0 Å². The zero-order chi connectivity index (χ0) is 13.0. The average Bonchev–Trinajstić information content (AvgIpc) is 2.30. The number of aliphatic carboxylic acids is 1. The number of aliphatic hydroxyl groups excluding tert-OH is 1. The van der Waals surface area contributed by atoms with Crippen molar-refractivity contribution >= 4 is 11.9 Å². The lowest BCUT2D eigenvalue weighted by Gasteiger charge is -2.37. The number of hydrogen-bond donors (Lipinski definition) is 2. The smallest absolute Gasteiger partial charge is 0.326 e. The predicted octanol–water partition coefficient (Wildman–Crippen LogP) is 0.859. The summed E-state index contributed by atoms with van der Waals surface area (Å²) in [7, 11) is 0. The highest BCUT2D eigenvalue weighted by molar-refractivity contribution is 5.85. The Labute approximate surface area is 101 Å². The Balaban J connectivity index is 2.79. The molecule has 17 heavy (non-hydrogen) atoms. The molecule has 0 aromatic rings. The van der Waals surface area contributed by atoms with Crippen LogP contribution in [0, 0.1) is 5.92 Å². The minimum Gasteiger partial charge on any atom is -0.480 e. The number of amides is 1. The van der Waals surface area contributed by atoms with Crippen molar-refractivity contribution in [3.05, 3.63) is 0 Å². The summed E-state index contributed by atoms with van der Waals surface area (Å²) in [6.45, 7) is 4.20. The molecule has 2 N–H and O–H groups in total. The van der Waals surface area contributed by atoms with E-state index in [0.717, 1.165) is 12.8 Å². The first-order valence-corrected chi connectivity index (χ1v) is 6.22. The van der Waals surface area contributed by atoms with Crippen LogP contribution in [-0.4, -0.2) is 45.7 Å². The van der Waals surface area contributed by atoms with Gasteiger partial charge in [-0.2, -0.15) is 0 Å². The SMILES string of the molecule is CCC(CC)C(=O)N1CC[C@@H](O)C[C@H]1C(=O)O. The van der Waals surface area contributed by atoms with Gasteiger partial charge in [0.1, 0.15) is 6.04 Å². The third-order valence-electron chi connectivity index (χ3n) is 3.48. The van der Waals surface area contributed by atoms with Crippen LogP contribution in [0.5, 0.6) is 0 Å². The van der Waals surface area contributed by atoms with Gasteiger partial charge < -0.3 is 15.1 Å². The maximum absolute atomic E-state index is 12.2. The summed E-state index contributed by atoms with van der Waals surface area (Å²) in [5, 5.41) is 18.6. The van der Waals surface area contributed by atoms with Gasteiger partial charge in [-0.3, -0.25) is 4.79 Å². The monoisotopic (exact) mass is 243 g/mol. The second-order valence-electron chi connectivity index (χ2n) is 4.58. The molecule has 0 saturated carbocycles. The Morgan fingerprint density at radius 3 is 2.41 bits per heavy atom. The van der Waals surface area contributed by atoms with Crippen molar-refractivity contribution in [1.29, 1.82) is 0 Å². The van der Waals surface area contributed by atoms with Crippen LogP contribution in [0.2, 0.25) is 0 Å². The third-order valence-corrected chi connectivity index (χ3v) is 3.48. The fourth-order valence-electron chi connectivity index (χ4n) is 2.32. The van der Waals surface area contributed by atoms with E-state index in [2.05, 4.69) is 0 Å². The van der Waals surface area contributed by atoms with E-state index in [1.165, 1.54) is 4.90 Å². The van der Waals surface area contributed by atoms with Gasteiger partial charge in [0.25, 0.3) is 0 Å². The Kier molecular flexibility index (Phi) is 4.93. The van der Waals surface area contributed by atoms with Crippen molar-refractivity contribution in [3.8, 4) is 0 Å². The second kappa shape index (κ2) is 6.00. The van der Waals surface area contributed by atoms with E-state index in [0.29, 0.717) is 13.0 Å². The predicted molar refractivity (Wildman–Crippen MR) is 62.4 cm³/mol. The maximum atomic E-state index is 12.2. The molecule has 1 rings (SSSR count). The largest absolute Gasteiger partial charge is 0.480 e. The summed E-state index contributed by atoms with van der Waals surface area (Å²) in [4.78, 5) is 24.7. The fraction of sp³-hybridized carbons (Fsp3) is 0.833. The molecule has 1 fully saturated rings. The number of carbonyl (C=O) groups is 2. The van der Waals surface area contributed by atoms with Gasteiger partial charge in [0, 0.05) is 18.9 Å². The lowest BCUT2D eigenvalue weighted by atomic mass is 9.95. The molecule has 0 aliphatic carbocycles. The molecule has 5 nitrogen and oxygen atoms in total. The first-order chi connectivity index (χ1) is 8.01. The number of piperidine rings is 1. The molecule has 0 bridgehead atoms. The Morgan fingerprint density at radius 1 is 1.35 bits per heavy atom. The summed E-state index contributed by atoms with van der Waals surface area (Å²) in [5.74, 6) is -1.22. The molecule has 1 heterocycles. The molecular formula is C12H21NO4. The van der Waals surface area contributed by atoms with Gasteiger partial charge in [-0.1, -0.05) is 13.8 Å². The topological polar surface area (TPSA) is 77.8 Å². The number of carboxylic acid groups (broad SMARTS) is 1. The molecule has 98 valence electrons. The summed E-state index contributed by atoms with van der Waals surface area (Å²) in [6.07, 6.45) is 1.44. The summed E-state index contributed by atoms with van der Waals surface area (Å²) in [5.41, 5.74) is 0. The molecule has 0 spiro atoms. The van der Waals surface area contributed by atoms with Gasteiger partial charge in [0.15, 0.2) is 0 Å². The standard InChI is InChI=1S/C12H21NO4/c1-3-8(4-2)11(15)13-6-5-9(14)7-10(13)12(16)17/h8-10,14H,3-7H2,1-2H3,(H,16,17)/t9-,10+/m1/s1. The van der Waals surface area contributed by atoms with Crippen LogP contribution in [0.15, 0.2) is 0 Å². The van der Waals surface area contributed by atoms with Crippen molar-refractivity contribution in [2.75, 3.05) is 6.54 Å². The van der Waals surface area contributed by atoms with E-state index < -0.39 is 18.1 Å². The van der Waals surface area contributed by atoms with E-state index in [-0.39, 0.29) is 18.2 Å². The lowest BCUT2D eigenvalue weighted by Crippen LogP contribution is -2.53. The average molecular weight is 243 g/mol. The van der Waals surface area contributed by atoms with Gasteiger partial charge in [0.2, 0.25) is 5.91 Å². The van der Waals surface area contributed by atoms with E-state index in [9.17, 15) is 14.7 Å². The van der Waals surface area contributed by atoms with Gasteiger partial charge in [-0.25, -0.2) is 4.79 Å². The van der Waals surface area contributed by atoms with Crippen LogP contribution in [0.3, 0.4) is 0 Å². The minimum absolute atomic E-state index is 0.0886. The van der Waals surface area contributed by atoms with Crippen molar-refractivity contribution in [3.63, 3.8) is 0 Å². The molecule has 0 aromatic heterocycles. The Morgan fingerprint density at radius 2 is 1.94 bits per heavy atom. The molecule has 1 aliphatic rings. The summed E-state index contributed by atoms with van der Waals surface area (Å²) < 4.78 is 0. The molecular weight excluding hydrogens is 222 g/mol. The van der Waals surface area contributed by atoms with E-state index in [1.807, 2.05) is 13.8 Å². The molecule has 5 heteroatoms. The normalized spacial score (nSPS) is 25.1. The number of carbonyl (C=O) groups excluding carboxylic acids is 1. The highest BCUT2D eigenvalue weighted by Gasteiger charge is 2.37. The van der Waals surface area contributed by atoms with Gasteiger partial charge in [-0.15, -0.1) is 0 Å². The summed E-state index contributed by atoms with van der Waals surface area (Å²) in [6, 6.07) is -0.869. The highest BCUT2D eigenvalue weighted by atomic mass is 16.4. The van der Waals surface area contributed by atoms with Crippen LogP contribution in [0.1, 0.15) is 39.5 Å². The Hall–Kier alpha value is -1.10. The van der Waals surface area contributed by atoms with Crippen LogP contribution in [0.4, 0.5) is 0 Å². The van der Waals surface area contributed by atoms with Crippen molar-refractivity contribution in [2.24, 2.45) is 5.92 Å². The number of nitrogens with zero attached hydrogens (tertiary/aromatic N) is 1. The van der Waals surface area contributed by atoms with Crippen LogP contribution in [0.25, 0.3) is 0 Å². The first-order valence-electron chi connectivity index (χ1n) is 6.22. The first kappa shape index (κ1) is 14.0. The van der Waals surface area contributed by atoms with Gasteiger partial charge in [-0.05, 0) is 19.3 Å². The molecule has 0 unspecified atom stereocenters. The van der Waals surface area contributed by atoms with Crippen molar-refractivity contribution < 1.29 is 19.8 Å². The van der Waals surface area contributed by atoms with Crippen molar-refractivity contribution in [2.45, 2.75) is 51.7 Å². The van der Waals surface area contributed by atoms with E-state index >= 15 is 0 Å². The maximum Gasteiger partial charge on any atom is 0.326 e.